The van der Waals surface area contributed by atoms with E-state index in [2.05, 4.69) is 17.3 Å². The maximum Gasteiger partial charge on any atom is 0.0156 e. The lowest BCUT2D eigenvalue weighted by Gasteiger charge is -2.13. The van der Waals surface area contributed by atoms with Gasteiger partial charge in [-0.2, -0.15) is 0 Å². The molecule has 1 N–H and O–H groups in total. The van der Waals surface area contributed by atoms with Gasteiger partial charge in [-0.3, -0.25) is 0 Å². The van der Waals surface area contributed by atoms with Gasteiger partial charge in [0.2, 0.25) is 0 Å². The van der Waals surface area contributed by atoms with E-state index in [0.29, 0.717) is 0 Å². The fourth-order valence-electron chi connectivity index (χ4n) is 2.66. The second kappa shape index (κ2) is 2.46. The van der Waals surface area contributed by atoms with Crippen LogP contribution in [0.5, 0.6) is 0 Å². The fraction of sp³-hybridized carbons (Fsp3) is 1.00. The van der Waals surface area contributed by atoms with Gasteiger partial charge >= 0.3 is 0 Å². The zero-order valence-electron chi connectivity index (χ0n) is 7.79. The van der Waals surface area contributed by atoms with E-state index in [0.717, 1.165) is 23.8 Å². The summed E-state index contributed by atoms with van der Waals surface area (Å²) in [6.45, 7) is 3.99. The third-order valence-corrected chi connectivity index (χ3v) is 3.72. The molecule has 3 fully saturated rings. The third kappa shape index (κ3) is 1.17. The Kier molecular flexibility index (Phi) is 1.50. The van der Waals surface area contributed by atoms with Gasteiger partial charge in [0.25, 0.3) is 0 Å². The molecule has 3 atom stereocenters. The Labute approximate surface area is 74.3 Å². The van der Waals surface area contributed by atoms with Gasteiger partial charge in [-0.05, 0) is 44.2 Å². The van der Waals surface area contributed by atoms with Crippen LogP contribution in [-0.2, 0) is 0 Å². The lowest BCUT2D eigenvalue weighted by Crippen LogP contribution is -2.30. The number of fused-ring (bicyclic) bond motifs is 1. The molecule has 3 aliphatic rings. The minimum Gasteiger partial charge on any atom is -0.313 e. The van der Waals surface area contributed by atoms with Gasteiger partial charge < -0.3 is 10.2 Å². The van der Waals surface area contributed by atoms with Crippen LogP contribution < -0.4 is 5.32 Å². The van der Waals surface area contributed by atoms with E-state index in [1.54, 1.807) is 0 Å². The molecule has 0 radical (unpaired) electrons. The van der Waals surface area contributed by atoms with Crippen LogP contribution in [0.15, 0.2) is 0 Å². The largest absolute Gasteiger partial charge is 0.313 e. The highest BCUT2D eigenvalue weighted by Crippen LogP contribution is 2.45. The first-order valence-corrected chi connectivity index (χ1v) is 5.26. The molecule has 0 aromatic carbocycles. The first-order chi connectivity index (χ1) is 5.84. The molecule has 1 saturated heterocycles. The molecule has 12 heavy (non-hydrogen) atoms. The van der Waals surface area contributed by atoms with Crippen molar-refractivity contribution < 1.29 is 0 Å². The van der Waals surface area contributed by atoms with Crippen molar-refractivity contribution in [3.8, 4) is 0 Å². The molecule has 0 amide bonds. The summed E-state index contributed by atoms with van der Waals surface area (Å²) in [5.41, 5.74) is 0. The van der Waals surface area contributed by atoms with Crippen LogP contribution in [0.2, 0.25) is 0 Å². The second-order valence-corrected chi connectivity index (χ2v) is 4.93. The van der Waals surface area contributed by atoms with Crippen molar-refractivity contribution in [1.29, 1.82) is 0 Å². The quantitative estimate of drug-likeness (QED) is 0.658. The van der Waals surface area contributed by atoms with Crippen LogP contribution in [-0.4, -0.2) is 37.6 Å². The van der Waals surface area contributed by atoms with Gasteiger partial charge in [0.1, 0.15) is 0 Å². The molecular formula is C10H18N2. The van der Waals surface area contributed by atoms with Crippen molar-refractivity contribution in [2.24, 2.45) is 17.8 Å². The SMILES string of the molecule is CN1C[C@@H]2[C@H](C1)[C@H]2NCC1CC1. The number of nitrogens with zero attached hydrogens (tertiary/aromatic N) is 1. The summed E-state index contributed by atoms with van der Waals surface area (Å²) in [6, 6.07) is 0.904. The summed E-state index contributed by atoms with van der Waals surface area (Å²) in [5, 5.41) is 3.71. The van der Waals surface area contributed by atoms with Gasteiger partial charge in [-0.1, -0.05) is 0 Å². The maximum absolute atomic E-state index is 3.71. The monoisotopic (exact) mass is 166 g/mol. The molecule has 1 aliphatic heterocycles. The van der Waals surface area contributed by atoms with Crippen molar-refractivity contribution in [2.75, 3.05) is 26.7 Å². The van der Waals surface area contributed by atoms with E-state index in [1.807, 2.05) is 0 Å². The minimum atomic E-state index is 0.904. The smallest absolute Gasteiger partial charge is 0.0156 e. The molecular weight excluding hydrogens is 148 g/mol. The zero-order chi connectivity index (χ0) is 8.13. The standard InChI is InChI=1S/C10H18N2/c1-12-5-8-9(6-12)10(8)11-4-7-2-3-7/h7-11H,2-6H2,1H3/t8-,9+,10+. The van der Waals surface area contributed by atoms with E-state index in [4.69, 9.17) is 0 Å². The minimum absolute atomic E-state index is 0.904. The van der Waals surface area contributed by atoms with E-state index < -0.39 is 0 Å². The lowest BCUT2D eigenvalue weighted by molar-refractivity contribution is 0.348. The molecule has 0 unspecified atom stereocenters. The van der Waals surface area contributed by atoms with Crippen LogP contribution in [0, 0.1) is 17.8 Å². The summed E-state index contributed by atoms with van der Waals surface area (Å²) in [5.74, 6) is 3.06. The van der Waals surface area contributed by atoms with Gasteiger partial charge in [-0.25, -0.2) is 0 Å². The Morgan fingerprint density at radius 1 is 1.25 bits per heavy atom. The molecule has 3 rings (SSSR count). The van der Waals surface area contributed by atoms with E-state index in [1.165, 1.54) is 32.5 Å². The Morgan fingerprint density at radius 2 is 1.92 bits per heavy atom. The van der Waals surface area contributed by atoms with E-state index in [-0.39, 0.29) is 0 Å². The predicted molar refractivity (Wildman–Crippen MR) is 49.0 cm³/mol. The Bertz CT molecular complexity index is 176. The van der Waals surface area contributed by atoms with Gasteiger partial charge in [-0.15, -0.1) is 0 Å². The highest BCUT2D eigenvalue weighted by molar-refractivity contribution is 5.09. The Morgan fingerprint density at radius 3 is 2.50 bits per heavy atom. The molecule has 68 valence electrons. The predicted octanol–water partition coefficient (Wildman–Crippen LogP) is 0.546. The first-order valence-electron chi connectivity index (χ1n) is 5.26. The van der Waals surface area contributed by atoms with Crippen molar-refractivity contribution in [1.82, 2.24) is 10.2 Å². The van der Waals surface area contributed by atoms with E-state index in [9.17, 15) is 0 Å². The van der Waals surface area contributed by atoms with Crippen LogP contribution in [0.3, 0.4) is 0 Å². The zero-order valence-corrected chi connectivity index (χ0v) is 7.79. The Balaban J connectivity index is 1.44. The maximum atomic E-state index is 3.71. The number of nitrogens with one attached hydrogen (secondary N) is 1. The molecule has 2 aliphatic carbocycles. The summed E-state index contributed by atoms with van der Waals surface area (Å²) in [6.07, 6.45) is 2.96. The fourth-order valence-corrected chi connectivity index (χ4v) is 2.66. The number of likely N-dealkylation sites (tertiary alicyclic amines) is 1. The van der Waals surface area contributed by atoms with Crippen LogP contribution >= 0.6 is 0 Å². The molecule has 0 aromatic heterocycles. The normalized spacial score (nSPS) is 46.2. The average molecular weight is 166 g/mol. The first kappa shape index (κ1) is 7.34. The highest BCUT2D eigenvalue weighted by atomic mass is 15.2. The second-order valence-electron chi connectivity index (χ2n) is 4.93. The van der Waals surface area contributed by atoms with Crippen molar-refractivity contribution in [3.63, 3.8) is 0 Å². The summed E-state index contributed by atoms with van der Waals surface area (Å²) < 4.78 is 0. The van der Waals surface area contributed by atoms with Gasteiger partial charge in [0.15, 0.2) is 0 Å². The number of piperidine rings is 1. The third-order valence-electron chi connectivity index (χ3n) is 3.72. The molecule has 2 heteroatoms. The summed E-state index contributed by atoms with van der Waals surface area (Å²) in [7, 11) is 2.24. The summed E-state index contributed by atoms with van der Waals surface area (Å²) in [4.78, 5) is 2.46. The van der Waals surface area contributed by atoms with Gasteiger partial charge in [0.05, 0.1) is 0 Å². The van der Waals surface area contributed by atoms with Crippen molar-refractivity contribution in [2.45, 2.75) is 18.9 Å². The number of hydrogen-bond donors (Lipinski definition) is 1. The topological polar surface area (TPSA) is 15.3 Å². The summed E-state index contributed by atoms with van der Waals surface area (Å²) >= 11 is 0. The molecule has 0 bridgehead atoms. The highest BCUT2D eigenvalue weighted by Gasteiger charge is 2.54. The van der Waals surface area contributed by atoms with Crippen LogP contribution in [0.4, 0.5) is 0 Å². The molecule has 0 aromatic rings. The lowest BCUT2D eigenvalue weighted by atomic mass is 10.3. The average Bonchev–Trinajstić information content (AvgIpc) is 2.90. The Hall–Kier alpha value is -0.0800. The van der Waals surface area contributed by atoms with Crippen molar-refractivity contribution in [3.05, 3.63) is 0 Å². The van der Waals surface area contributed by atoms with Gasteiger partial charge in [0, 0.05) is 19.1 Å². The van der Waals surface area contributed by atoms with Crippen LogP contribution in [0.1, 0.15) is 12.8 Å². The molecule has 1 heterocycles. The molecule has 2 nitrogen and oxygen atoms in total. The van der Waals surface area contributed by atoms with E-state index >= 15 is 0 Å². The molecule has 2 saturated carbocycles. The van der Waals surface area contributed by atoms with Crippen molar-refractivity contribution >= 4 is 0 Å². The number of rotatable bonds is 3. The van der Waals surface area contributed by atoms with Crippen LogP contribution in [0.25, 0.3) is 0 Å². The molecule has 0 spiro atoms. The number of hydrogen-bond acceptors (Lipinski definition) is 2.